The van der Waals surface area contributed by atoms with E-state index >= 15 is 0 Å². The molecule has 0 bridgehead atoms. The lowest BCUT2D eigenvalue weighted by molar-refractivity contribution is -0.137. The van der Waals surface area contributed by atoms with E-state index in [0.29, 0.717) is 6.61 Å². The first-order chi connectivity index (χ1) is 7.81. The van der Waals surface area contributed by atoms with Crippen LogP contribution in [0.2, 0.25) is 0 Å². The molecule has 0 saturated heterocycles. The average Bonchev–Trinajstić information content (AvgIpc) is 2.30. The highest BCUT2D eigenvalue weighted by Crippen LogP contribution is 2.30. The molecule has 2 heteroatoms. The Hall–Kier alpha value is -1.57. The predicted molar refractivity (Wildman–Crippen MR) is 64.0 cm³/mol. The Morgan fingerprint density at radius 1 is 1.38 bits per heavy atom. The summed E-state index contributed by atoms with van der Waals surface area (Å²) in [4.78, 5) is 11.4. The van der Waals surface area contributed by atoms with Gasteiger partial charge in [-0.05, 0) is 42.9 Å². The zero-order valence-corrected chi connectivity index (χ0v) is 9.53. The van der Waals surface area contributed by atoms with E-state index in [2.05, 4.69) is 12.1 Å². The molecule has 0 aliphatic heterocycles. The predicted octanol–water partition coefficient (Wildman–Crippen LogP) is 2.97. The van der Waals surface area contributed by atoms with E-state index in [-0.39, 0.29) is 5.97 Å². The Labute approximate surface area is 95.9 Å². The Morgan fingerprint density at radius 3 is 3.00 bits per heavy atom. The van der Waals surface area contributed by atoms with E-state index in [1.807, 2.05) is 19.1 Å². The topological polar surface area (TPSA) is 26.3 Å². The highest BCUT2D eigenvalue weighted by atomic mass is 16.5. The first-order valence-electron chi connectivity index (χ1n) is 5.77. The van der Waals surface area contributed by atoms with Gasteiger partial charge in [0.2, 0.25) is 0 Å². The van der Waals surface area contributed by atoms with Crippen molar-refractivity contribution in [3.8, 4) is 0 Å². The van der Waals surface area contributed by atoms with Gasteiger partial charge in [-0.1, -0.05) is 24.3 Å². The van der Waals surface area contributed by atoms with Gasteiger partial charge in [0.25, 0.3) is 0 Å². The van der Waals surface area contributed by atoms with Crippen LogP contribution in [0.5, 0.6) is 0 Å². The number of fused-ring (bicyclic) bond motifs is 1. The Balaban J connectivity index is 2.28. The van der Waals surface area contributed by atoms with Crippen molar-refractivity contribution in [3.05, 3.63) is 41.5 Å². The highest BCUT2D eigenvalue weighted by molar-refractivity contribution is 5.92. The van der Waals surface area contributed by atoms with Crippen molar-refractivity contribution < 1.29 is 9.53 Å². The molecule has 0 unspecified atom stereocenters. The number of aryl methyl sites for hydroxylation is 1. The van der Waals surface area contributed by atoms with Crippen LogP contribution in [0, 0.1) is 0 Å². The minimum Gasteiger partial charge on any atom is -0.463 e. The first-order valence-corrected chi connectivity index (χ1v) is 5.77. The lowest BCUT2D eigenvalue weighted by Crippen LogP contribution is -2.05. The van der Waals surface area contributed by atoms with E-state index < -0.39 is 0 Å². The van der Waals surface area contributed by atoms with Crippen LogP contribution in [-0.4, -0.2) is 12.6 Å². The van der Waals surface area contributed by atoms with Gasteiger partial charge < -0.3 is 4.74 Å². The van der Waals surface area contributed by atoms with Crippen molar-refractivity contribution in [3.63, 3.8) is 0 Å². The monoisotopic (exact) mass is 216 g/mol. The number of allylic oxidation sites excluding steroid dienone is 1. The van der Waals surface area contributed by atoms with Crippen molar-refractivity contribution in [2.75, 3.05) is 6.61 Å². The largest absolute Gasteiger partial charge is 0.463 e. The molecule has 0 N–H and O–H groups in total. The fourth-order valence-electron chi connectivity index (χ4n) is 2.13. The number of benzene rings is 1. The van der Waals surface area contributed by atoms with Crippen LogP contribution in [0.15, 0.2) is 30.3 Å². The van der Waals surface area contributed by atoms with Crippen LogP contribution >= 0.6 is 0 Å². The van der Waals surface area contributed by atoms with Crippen molar-refractivity contribution in [1.82, 2.24) is 0 Å². The second-order valence-electron chi connectivity index (χ2n) is 3.93. The number of carbonyl (C=O) groups is 1. The average molecular weight is 216 g/mol. The molecule has 0 radical (unpaired) electrons. The summed E-state index contributed by atoms with van der Waals surface area (Å²) in [5, 5.41) is 0. The number of esters is 1. The third-order valence-corrected chi connectivity index (χ3v) is 2.83. The van der Waals surface area contributed by atoms with E-state index in [1.165, 1.54) is 11.1 Å². The normalized spacial score (nSPS) is 16.9. The van der Waals surface area contributed by atoms with Gasteiger partial charge in [-0.2, -0.15) is 0 Å². The summed E-state index contributed by atoms with van der Waals surface area (Å²) in [7, 11) is 0. The molecular weight excluding hydrogens is 200 g/mol. The Morgan fingerprint density at radius 2 is 2.19 bits per heavy atom. The zero-order valence-electron chi connectivity index (χ0n) is 9.53. The maximum atomic E-state index is 11.4. The van der Waals surface area contributed by atoms with Crippen LogP contribution in [0.25, 0.3) is 5.57 Å². The molecular formula is C14H16O2. The van der Waals surface area contributed by atoms with Gasteiger partial charge in [0.05, 0.1) is 6.61 Å². The Bertz CT molecular complexity index is 418. The lowest BCUT2D eigenvalue weighted by Gasteiger charge is -2.18. The van der Waals surface area contributed by atoms with E-state index in [9.17, 15) is 4.79 Å². The molecule has 0 amide bonds. The SMILES string of the molecule is CCOC(=O)/C=C1/CCCc2ccccc21. The van der Waals surface area contributed by atoms with Crippen LogP contribution in [0.4, 0.5) is 0 Å². The fraction of sp³-hybridized carbons (Fsp3) is 0.357. The van der Waals surface area contributed by atoms with Gasteiger partial charge in [-0.25, -0.2) is 4.79 Å². The molecule has 0 aromatic heterocycles. The van der Waals surface area contributed by atoms with Gasteiger partial charge in [0.15, 0.2) is 0 Å². The third kappa shape index (κ3) is 2.32. The van der Waals surface area contributed by atoms with Gasteiger partial charge in [-0.3, -0.25) is 0 Å². The maximum absolute atomic E-state index is 11.4. The van der Waals surface area contributed by atoms with Crippen LogP contribution in [0.3, 0.4) is 0 Å². The van der Waals surface area contributed by atoms with Crippen molar-refractivity contribution >= 4 is 11.5 Å². The van der Waals surface area contributed by atoms with Crippen molar-refractivity contribution in [2.24, 2.45) is 0 Å². The summed E-state index contributed by atoms with van der Waals surface area (Å²) in [6.07, 6.45) is 4.83. The van der Waals surface area contributed by atoms with E-state index in [0.717, 1.165) is 24.8 Å². The lowest BCUT2D eigenvalue weighted by atomic mass is 9.87. The molecule has 1 aromatic carbocycles. The molecule has 0 spiro atoms. The number of ether oxygens (including phenoxy) is 1. The first kappa shape index (κ1) is 10.9. The molecule has 16 heavy (non-hydrogen) atoms. The molecule has 0 heterocycles. The second-order valence-corrected chi connectivity index (χ2v) is 3.93. The third-order valence-electron chi connectivity index (χ3n) is 2.83. The van der Waals surface area contributed by atoms with Crippen LogP contribution < -0.4 is 0 Å². The Kier molecular flexibility index (Phi) is 3.40. The molecule has 0 atom stereocenters. The highest BCUT2D eigenvalue weighted by Gasteiger charge is 2.14. The van der Waals surface area contributed by atoms with E-state index in [4.69, 9.17) is 4.74 Å². The molecule has 1 aromatic rings. The van der Waals surface area contributed by atoms with Crippen LogP contribution in [-0.2, 0) is 16.0 Å². The fourth-order valence-corrected chi connectivity index (χ4v) is 2.13. The summed E-state index contributed by atoms with van der Waals surface area (Å²) in [5.74, 6) is -0.228. The van der Waals surface area contributed by atoms with Crippen molar-refractivity contribution in [1.29, 1.82) is 0 Å². The molecule has 0 fully saturated rings. The van der Waals surface area contributed by atoms with Gasteiger partial charge in [0.1, 0.15) is 0 Å². The standard InChI is InChI=1S/C14H16O2/c1-2-16-14(15)10-12-8-5-7-11-6-3-4-9-13(11)12/h3-4,6,9-10H,2,5,7-8H2,1H3/b12-10-. The summed E-state index contributed by atoms with van der Waals surface area (Å²) in [6, 6.07) is 8.28. The molecule has 1 aliphatic carbocycles. The molecule has 1 aliphatic rings. The maximum Gasteiger partial charge on any atom is 0.331 e. The molecule has 0 saturated carbocycles. The summed E-state index contributed by atoms with van der Waals surface area (Å²) in [5.41, 5.74) is 3.66. The molecule has 2 nitrogen and oxygen atoms in total. The number of rotatable bonds is 2. The quantitative estimate of drug-likeness (QED) is 0.561. The van der Waals surface area contributed by atoms with Gasteiger partial charge in [0, 0.05) is 6.08 Å². The summed E-state index contributed by atoms with van der Waals surface area (Å²) >= 11 is 0. The summed E-state index contributed by atoms with van der Waals surface area (Å²) in [6.45, 7) is 2.26. The number of hydrogen-bond acceptors (Lipinski definition) is 2. The van der Waals surface area contributed by atoms with Crippen LogP contribution in [0.1, 0.15) is 30.9 Å². The van der Waals surface area contributed by atoms with Gasteiger partial charge in [-0.15, -0.1) is 0 Å². The molecule has 84 valence electrons. The smallest absolute Gasteiger partial charge is 0.331 e. The molecule has 2 rings (SSSR count). The minimum atomic E-state index is -0.228. The van der Waals surface area contributed by atoms with Gasteiger partial charge >= 0.3 is 5.97 Å². The zero-order chi connectivity index (χ0) is 11.4. The van der Waals surface area contributed by atoms with Crippen molar-refractivity contribution in [2.45, 2.75) is 26.2 Å². The second kappa shape index (κ2) is 4.97. The van der Waals surface area contributed by atoms with E-state index in [1.54, 1.807) is 6.08 Å². The number of carbonyl (C=O) groups excluding carboxylic acids is 1. The number of hydrogen-bond donors (Lipinski definition) is 0. The summed E-state index contributed by atoms with van der Waals surface area (Å²) < 4.78 is 4.94. The minimum absolute atomic E-state index is 0.228.